The molecule has 2 amide bonds. The van der Waals surface area contributed by atoms with E-state index in [-0.39, 0.29) is 11.8 Å². The molecule has 2 heterocycles. The molecule has 0 bridgehead atoms. The first-order valence-corrected chi connectivity index (χ1v) is 9.78. The summed E-state index contributed by atoms with van der Waals surface area (Å²) >= 11 is 0. The largest absolute Gasteiger partial charge is 0.349 e. The number of carbonyl (C=O) groups excluding carboxylic acids is 2. The lowest BCUT2D eigenvalue weighted by Gasteiger charge is -2.17. The zero-order valence-corrected chi connectivity index (χ0v) is 16.3. The Balaban J connectivity index is 1.88. The van der Waals surface area contributed by atoms with Crippen LogP contribution >= 0.6 is 0 Å². The summed E-state index contributed by atoms with van der Waals surface area (Å²) in [5.74, 6) is 0.252. The summed E-state index contributed by atoms with van der Waals surface area (Å²) in [4.78, 5) is 30.0. The molecule has 2 aromatic rings. The maximum atomic E-state index is 12.9. The summed E-state index contributed by atoms with van der Waals surface area (Å²) in [6.07, 6.45) is 3.60. The number of nitrogens with one attached hydrogen (secondary N) is 2. The number of rotatable bonds is 6. The van der Waals surface area contributed by atoms with Crippen molar-refractivity contribution >= 4 is 17.5 Å². The van der Waals surface area contributed by atoms with E-state index in [9.17, 15) is 9.59 Å². The third-order valence-electron chi connectivity index (χ3n) is 4.85. The minimum Gasteiger partial charge on any atom is -0.349 e. The van der Waals surface area contributed by atoms with Gasteiger partial charge in [-0.05, 0) is 43.2 Å². The monoisotopic (exact) mass is 368 g/mol. The van der Waals surface area contributed by atoms with Crippen LogP contribution in [0.3, 0.4) is 0 Å². The molecule has 6 heteroatoms. The lowest BCUT2D eigenvalue weighted by atomic mass is 10.1. The molecule has 0 fully saturated rings. The van der Waals surface area contributed by atoms with Crippen LogP contribution in [0.25, 0.3) is 0 Å². The summed E-state index contributed by atoms with van der Waals surface area (Å²) in [5.41, 5.74) is 3.11. The van der Waals surface area contributed by atoms with Gasteiger partial charge in [0.1, 0.15) is 0 Å². The molecular formula is C21H28N4O2. The first-order valence-electron chi connectivity index (χ1n) is 9.78. The molecule has 0 unspecified atom stereocenters. The van der Waals surface area contributed by atoms with Crippen LogP contribution in [0.2, 0.25) is 0 Å². The van der Waals surface area contributed by atoms with Crippen LogP contribution in [-0.4, -0.2) is 27.9 Å². The Kier molecular flexibility index (Phi) is 5.94. The number of para-hydroxylation sites is 1. The van der Waals surface area contributed by atoms with E-state index in [0.717, 1.165) is 49.2 Å². The van der Waals surface area contributed by atoms with Gasteiger partial charge in [-0.1, -0.05) is 39.0 Å². The number of aryl methyl sites for hydroxylation is 1. The second-order valence-corrected chi connectivity index (χ2v) is 7.41. The van der Waals surface area contributed by atoms with Crippen LogP contribution in [-0.2, 0) is 19.4 Å². The van der Waals surface area contributed by atoms with Gasteiger partial charge >= 0.3 is 0 Å². The summed E-state index contributed by atoms with van der Waals surface area (Å²) in [7, 11) is 0. The van der Waals surface area contributed by atoms with Crippen molar-refractivity contribution in [3.05, 3.63) is 47.0 Å². The smallest absolute Gasteiger partial charge is 0.287 e. The van der Waals surface area contributed by atoms with E-state index in [4.69, 9.17) is 0 Å². The molecule has 0 saturated heterocycles. The van der Waals surface area contributed by atoms with Crippen molar-refractivity contribution in [3.8, 4) is 0 Å². The number of amides is 2. The SMILES string of the molecule is CCc1ccccc1NC(=O)c1nc(C(=O)NCC(C)C)n2c1CCCC2. The van der Waals surface area contributed by atoms with Crippen LogP contribution in [0.4, 0.5) is 5.69 Å². The highest BCUT2D eigenvalue weighted by atomic mass is 16.2. The third-order valence-corrected chi connectivity index (χ3v) is 4.85. The van der Waals surface area contributed by atoms with Crippen molar-refractivity contribution in [2.45, 2.75) is 53.0 Å². The average molecular weight is 368 g/mol. The van der Waals surface area contributed by atoms with Gasteiger partial charge in [0.05, 0.1) is 5.69 Å². The molecule has 2 N–H and O–H groups in total. The zero-order chi connectivity index (χ0) is 19.4. The van der Waals surface area contributed by atoms with Crippen molar-refractivity contribution in [3.63, 3.8) is 0 Å². The predicted octanol–water partition coefficient (Wildman–Crippen LogP) is 3.42. The van der Waals surface area contributed by atoms with Gasteiger partial charge in [0.2, 0.25) is 0 Å². The fourth-order valence-corrected chi connectivity index (χ4v) is 3.41. The molecular weight excluding hydrogens is 340 g/mol. The van der Waals surface area contributed by atoms with E-state index in [1.54, 1.807) is 0 Å². The van der Waals surface area contributed by atoms with Gasteiger partial charge in [-0.25, -0.2) is 4.98 Å². The van der Waals surface area contributed by atoms with E-state index < -0.39 is 0 Å². The van der Waals surface area contributed by atoms with Gasteiger partial charge in [-0.15, -0.1) is 0 Å². The number of anilines is 1. The highest BCUT2D eigenvalue weighted by molar-refractivity contribution is 6.05. The van der Waals surface area contributed by atoms with Gasteiger partial charge in [0.15, 0.2) is 11.5 Å². The first kappa shape index (κ1) is 19.1. The van der Waals surface area contributed by atoms with Crippen LogP contribution in [0.15, 0.2) is 24.3 Å². The van der Waals surface area contributed by atoms with E-state index in [2.05, 4.69) is 22.5 Å². The summed E-state index contributed by atoms with van der Waals surface area (Å²) in [6, 6.07) is 7.77. The van der Waals surface area contributed by atoms with Crippen molar-refractivity contribution in [2.75, 3.05) is 11.9 Å². The Bertz CT molecular complexity index is 839. The molecule has 0 saturated carbocycles. The predicted molar refractivity (Wildman–Crippen MR) is 106 cm³/mol. The second-order valence-electron chi connectivity index (χ2n) is 7.41. The van der Waals surface area contributed by atoms with Crippen molar-refractivity contribution in [1.82, 2.24) is 14.9 Å². The van der Waals surface area contributed by atoms with Gasteiger partial charge in [0.25, 0.3) is 11.8 Å². The summed E-state index contributed by atoms with van der Waals surface area (Å²) < 4.78 is 1.92. The number of imidazole rings is 1. The normalized spacial score (nSPS) is 13.3. The van der Waals surface area contributed by atoms with E-state index >= 15 is 0 Å². The standard InChI is InChI=1S/C21H28N4O2/c1-4-15-9-5-6-10-16(15)23-20(26)18-17-11-7-8-12-25(17)19(24-18)21(27)22-13-14(2)3/h5-6,9-10,14H,4,7-8,11-13H2,1-3H3,(H,22,27)(H,23,26). The number of aromatic nitrogens is 2. The molecule has 3 rings (SSSR count). The Labute approximate surface area is 160 Å². The maximum absolute atomic E-state index is 12.9. The molecule has 1 aromatic heterocycles. The van der Waals surface area contributed by atoms with Crippen LogP contribution < -0.4 is 10.6 Å². The average Bonchev–Trinajstić information content (AvgIpc) is 3.06. The fraction of sp³-hybridized carbons (Fsp3) is 0.476. The Morgan fingerprint density at radius 3 is 2.70 bits per heavy atom. The molecule has 0 spiro atoms. The number of hydrogen-bond donors (Lipinski definition) is 2. The quantitative estimate of drug-likeness (QED) is 0.820. The summed E-state index contributed by atoms with van der Waals surface area (Å²) in [5, 5.41) is 5.90. The number of carbonyl (C=O) groups is 2. The molecule has 144 valence electrons. The molecule has 0 atom stereocenters. The minimum absolute atomic E-state index is 0.208. The molecule has 6 nitrogen and oxygen atoms in total. The highest BCUT2D eigenvalue weighted by Gasteiger charge is 2.27. The Hall–Kier alpha value is -2.63. The summed E-state index contributed by atoms with van der Waals surface area (Å²) in [6.45, 7) is 7.47. The van der Waals surface area contributed by atoms with Gasteiger partial charge in [-0.3, -0.25) is 9.59 Å². The molecule has 0 aliphatic carbocycles. The number of fused-ring (bicyclic) bond motifs is 1. The van der Waals surface area contributed by atoms with Gasteiger partial charge in [-0.2, -0.15) is 0 Å². The Morgan fingerprint density at radius 1 is 1.19 bits per heavy atom. The second kappa shape index (κ2) is 8.37. The fourth-order valence-electron chi connectivity index (χ4n) is 3.41. The molecule has 27 heavy (non-hydrogen) atoms. The number of benzene rings is 1. The van der Waals surface area contributed by atoms with Gasteiger partial charge < -0.3 is 15.2 Å². The molecule has 1 aliphatic rings. The highest BCUT2D eigenvalue weighted by Crippen LogP contribution is 2.23. The number of hydrogen-bond acceptors (Lipinski definition) is 3. The van der Waals surface area contributed by atoms with Crippen LogP contribution in [0.1, 0.15) is 66.0 Å². The van der Waals surface area contributed by atoms with Crippen molar-refractivity contribution < 1.29 is 9.59 Å². The van der Waals surface area contributed by atoms with Crippen LogP contribution in [0.5, 0.6) is 0 Å². The van der Waals surface area contributed by atoms with Crippen LogP contribution in [0, 0.1) is 5.92 Å². The molecule has 1 aliphatic heterocycles. The van der Waals surface area contributed by atoms with Crippen molar-refractivity contribution in [2.24, 2.45) is 5.92 Å². The Morgan fingerprint density at radius 2 is 1.96 bits per heavy atom. The maximum Gasteiger partial charge on any atom is 0.287 e. The molecule has 1 aromatic carbocycles. The molecule has 0 radical (unpaired) electrons. The van der Waals surface area contributed by atoms with E-state index in [1.165, 1.54) is 0 Å². The zero-order valence-electron chi connectivity index (χ0n) is 16.3. The number of nitrogens with zero attached hydrogens (tertiary/aromatic N) is 2. The third kappa shape index (κ3) is 4.21. The topological polar surface area (TPSA) is 76.0 Å². The van der Waals surface area contributed by atoms with E-state index in [0.29, 0.717) is 24.0 Å². The minimum atomic E-state index is -0.246. The lowest BCUT2D eigenvalue weighted by molar-refractivity contribution is 0.0933. The lowest BCUT2D eigenvalue weighted by Crippen LogP contribution is -2.30. The van der Waals surface area contributed by atoms with Crippen molar-refractivity contribution in [1.29, 1.82) is 0 Å². The first-order chi connectivity index (χ1) is 13.0. The van der Waals surface area contributed by atoms with E-state index in [1.807, 2.05) is 42.7 Å². The van der Waals surface area contributed by atoms with Gasteiger partial charge in [0, 0.05) is 18.8 Å².